The zero-order valence-corrected chi connectivity index (χ0v) is 22.3. The number of phenolic OH excluding ortho intramolecular Hbond substituents is 1. The predicted octanol–water partition coefficient (Wildman–Crippen LogP) is 6.61. The fourth-order valence-corrected chi connectivity index (χ4v) is 4.15. The Labute approximate surface area is 231 Å². The van der Waals surface area contributed by atoms with E-state index >= 15 is 0 Å². The van der Waals surface area contributed by atoms with Crippen molar-refractivity contribution in [3.05, 3.63) is 117 Å². The van der Waals surface area contributed by atoms with Crippen LogP contribution in [0.2, 0.25) is 10.0 Å². The minimum absolute atomic E-state index is 0.0877. The van der Waals surface area contributed by atoms with Crippen LogP contribution in [-0.4, -0.2) is 30.4 Å². The van der Waals surface area contributed by atoms with Crippen LogP contribution in [-0.2, 0) is 6.54 Å². The smallest absolute Gasteiger partial charge is 0.271 e. The van der Waals surface area contributed by atoms with Gasteiger partial charge in [0.2, 0.25) is 0 Å². The number of amides is 1. The zero-order chi connectivity index (χ0) is 26.9. The van der Waals surface area contributed by atoms with Crippen molar-refractivity contribution < 1.29 is 14.6 Å². The van der Waals surface area contributed by atoms with Crippen LogP contribution in [0.25, 0.3) is 11.1 Å². The molecule has 0 heterocycles. The van der Waals surface area contributed by atoms with Gasteiger partial charge in [-0.15, -0.1) is 0 Å². The standard InChI is InChI=1S/C30H27Cl2N3O3/c1-20-15-22(19-34-35-30(37)24-9-12-28(36)27(32)17-24)16-26(23-5-3-2-4-6-23)29(20)38-14-13-33-18-21-7-10-25(31)11-8-21/h2-12,15-17,19,33,36H,13-14,18H2,1H3,(H,35,37)/b34-19-. The fourth-order valence-electron chi connectivity index (χ4n) is 3.84. The van der Waals surface area contributed by atoms with E-state index in [4.69, 9.17) is 27.9 Å². The van der Waals surface area contributed by atoms with Gasteiger partial charge in [0, 0.05) is 29.2 Å². The molecule has 0 unspecified atom stereocenters. The second-order valence-electron chi connectivity index (χ2n) is 8.60. The monoisotopic (exact) mass is 547 g/mol. The van der Waals surface area contributed by atoms with Gasteiger partial charge in [-0.1, -0.05) is 65.7 Å². The lowest BCUT2D eigenvalue weighted by molar-refractivity contribution is 0.0955. The molecule has 0 aliphatic rings. The van der Waals surface area contributed by atoms with Gasteiger partial charge in [-0.3, -0.25) is 4.79 Å². The van der Waals surface area contributed by atoms with E-state index in [0.29, 0.717) is 18.7 Å². The highest BCUT2D eigenvalue weighted by Crippen LogP contribution is 2.34. The van der Waals surface area contributed by atoms with Crippen LogP contribution in [0.15, 0.2) is 90.0 Å². The number of halogens is 2. The molecule has 0 bridgehead atoms. The molecular weight excluding hydrogens is 521 g/mol. The Bertz CT molecular complexity index is 1430. The number of hydrogen-bond acceptors (Lipinski definition) is 5. The van der Waals surface area contributed by atoms with E-state index in [1.165, 1.54) is 18.2 Å². The summed E-state index contributed by atoms with van der Waals surface area (Å²) in [5, 5.41) is 17.9. The maximum Gasteiger partial charge on any atom is 0.271 e. The molecule has 6 nitrogen and oxygen atoms in total. The molecular formula is C30H27Cl2N3O3. The van der Waals surface area contributed by atoms with Crippen molar-refractivity contribution >= 4 is 35.3 Å². The Hall–Kier alpha value is -3.84. The molecule has 3 N–H and O–H groups in total. The number of nitrogens with zero attached hydrogens (tertiary/aromatic N) is 1. The number of hydrazone groups is 1. The van der Waals surface area contributed by atoms with Gasteiger partial charge in [0.1, 0.15) is 18.1 Å². The maximum absolute atomic E-state index is 12.4. The largest absolute Gasteiger partial charge is 0.506 e. The topological polar surface area (TPSA) is 83.0 Å². The molecule has 0 saturated carbocycles. The second kappa shape index (κ2) is 13.1. The molecule has 0 radical (unpaired) electrons. The van der Waals surface area contributed by atoms with Crippen molar-refractivity contribution in [1.82, 2.24) is 10.7 Å². The molecule has 194 valence electrons. The molecule has 0 spiro atoms. The number of hydrogen-bond donors (Lipinski definition) is 3. The zero-order valence-electron chi connectivity index (χ0n) is 20.7. The number of aromatic hydroxyl groups is 1. The van der Waals surface area contributed by atoms with E-state index in [1.807, 2.05) is 73.7 Å². The number of ether oxygens (including phenoxy) is 1. The maximum atomic E-state index is 12.4. The molecule has 4 aromatic rings. The molecule has 4 aromatic carbocycles. The van der Waals surface area contributed by atoms with Gasteiger partial charge in [0.05, 0.1) is 11.2 Å². The van der Waals surface area contributed by atoms with Crippen LogP contribution >= 0.6 is 23.2 Å². The number of nitrogens with one attached hydrogen (secondary N) is 2. The minimum Gasteiger partial charge on any atom is -0.506 e. The first-order valence-electron chi connectivity index (χ1n) is 12.0. The predicted molar refractivity (Wildman–Crippen MR) is 153 cm³/mol. The summed E-state index contributed by atoms with van der Waals surface area (Å²) in [4.78, 5) is 12.4. The Kier molecular flexibility index (Phi) is 9.38. The van der Waals surface area contributed by atoms with Crippen LogP contribution in [0.1, 0.15) is 27.0 Å². The Morgan fingerprint density at radius 2 is 1.76 bits per heavy atom. The van der Waals surface area contributed by atoms with Crippen LogP contribution in [0.3, 0.4) is 0 Å². The molecule has 1 amide bonds. The molecule has 4 rings (SSSR count). The lowest BCUT2D eigenvalue weighted by atomic mass is 9.99. The third-order valence-electron chi connectivity index (χ3n) is 5.74. The molecule has 8 heteroatoms. The Balaban J connectivity index is 1.44. The summed E-state index contributed by atoms with van der Waals surface area (Å²) in [6.07, 6.45) is 1.58. The quantitative estimate of drug-likeness (QED) is 0.118. The highest BCUT2D eigenvalue weighted by Gasteiger charge is 2.12. The highest BCUT2D eigenvalue weighted by atomic mass is 35.5. The average Bonchev–Trinajstić information content (AvgIpc) is 2.92. The summed E-state index contributed by atoms with van der Waals surface area (Å²) >= 11 is 11.8. The van der Waals surface area contributed by atoms with E-state index < -0.39 is 5.91 Å². The van der Waals surface area contributed by atoms with E-state index in [2.05, 4.69) is 15.8 Å². The summed E-state index contributed by atoms with van der Waals surface area (Å²) in [6, 6.07) is 25.9. The molecule has 0 aliphatic carbocycles. The van der Waals surface area contributed by atoms with Crippen molar-refractivity contribution in [2.24, 2.45) is 5.10 Å². The Morgan fingerprint density at radius 3 is 2.50 bits per heavy atom. The first-order valence-corrected chi connectivity index (χ1v) is 12.8. The number of carbonyl (C=O) groups is 1. The number of phenols is 1. The van der Waals surface area contributed by atoms with Gasteiger partial charge in [0.25, 0.3) is 5.91 Å². The minimum atomic E-state index is -0.436. The Morgan fingerprint density at radius 1 is 1.00 bits per heavy atom. The van der Waals surface area contributed by atoms with Crippen LogP contribution in [0.5, 0.6) is 11.5 Å². The van der Waals surface area contributed by atoms with Crippen molar-refractivity contribution in [3.63, 3.8) is 0 Å². The molecule has 0 saturated heterocycles. The summed E-state index contributed by atoms with van der Waals surface area (Å²) in [7, 11) is 0. The SMILES string of the molecule is Cc1cc(/C=N\NC(=O)c2ccc(O)c(Cl)c2)cc(-c2ccccc2)c1OCCNCc1ccc(Cl)cc1. The summed E-state index contributed by atoms with van der Waals surface area (Å²) in [5.74, 6) is 0.272. The second-order valence-corrected chi connectivity index (χ2v) is 9.44. The van der Waals surface area contributed by atoms with Gasteiger partial charge < -0.3 is 15.2 Å². The van der Waals surface area contributed by atoms with E-state index in [0.717, 1.165) is 45.1 Å². The summed E-state index contributed by atoms with van der Waals surface area (Å²) in [6.45, 7) is 3.87. The number of carbonyl (C=O) groups excluding carboxylic acids is 1. The highest BCUT2D eigenvalue weighted by molar-refractivity contribution is 6.32. The van der Waals surface area contributed by atoms with E-state index in [1.54, 1.807) is 6.21 Å². The average molecular weight is 548 g/mol. The van der Waals surface area contributed by atoms with Crippen LogP contribution < -0.4 is 15.5 Å². The summed E-state index contributed by atoms with van der Waals surface area (Å²) in [5.41, 5.74) is 7.63. The fraction of sp³-hybridized carbons (Fsp3) is 0.133. The van der Waals surface area contributed by atoms with Gasteiger partial charge in [-0.05, 0) is 71.6 Å². The number of benzene rings is 4. The van der Waals surface area contributed by atoms with Gasteiger partial charge in [-0.25, -0.2) is 5.43 Å². The van der Waals surface area contributed by atoms with Gasteiger partial charge in [0.15, 0.2) is 0 Å². The molecule has 0 atom stereocenters. The van der Waals surface area contributed by atoms with Crippen molar-refractivity contribution in [2.45, 2.75) is 13.5 Å². The van der Waals surface area contributed by atoms with Crippen LogP contribution in [0, 0.1) is 6.92 Å². The van der Waals surface area contributed by atoms with E-state index in [-0.39, 0.29) is 10.8 Å². The molecule has 0 aliphatic heterocycles. The normalized spacial score (nSPS) is 11.0. The molecule has 0 fully saturated rings. The summed E-state index contributed by atoms with van der Waals surface area (Å²) < 4.78 is 6.23. The van der Waals surface area contributed by atoms with Crippen molar-refractivity contribution in [2.75, 3.05) is 13.2 Å². The van der Waals surface area contributed by atoms with Crippen molar-refractivity contribution in [1.29, 1.82) is 0 Å². The lowest BCUT2D eigenvalue weighted by Crippen LogP contribution is -2.21. The first-order chi connectivity index (χ1) is 18.4. The first kappa shape index (κ1) is 27.2. The van der Waals surface area contributed by atoms with Gasteiger partial charge >= 0.3 is 0 Å². The number of rotatable bonds is 10. The van der Waals surface area contributed by atoms with Gasteiger partial charge in [-0.2, -0.15) is 5.10 Å². The van der Waals surface area contributed by atoms with Crippen LogP contribution in [0.4, 0.5) is 0 Å². The third kappa shape index (κ3) is 7.35. The lowest BCUT2D eigenvalue weighted by Gasteiger charge is -2.16. The third-order valence-corrected chi connectivity index (χ3v) is 6.29. The molecule has 38 heavy (non-hydrogen) atoms. The molecule has 0 aromatic heterocycles. The van der Waals surface area contributed by atoms with E-state index in [9.17, 15) is 9.90 Å². The number of aryl methyl sites for hydroxylation is 1. The van der Waals surface area contributed by atoms with Crippen molar-refractivity contribution in [3.8, 4) is 22.6 Å².